The van der Waals surface area contributed by atoms with E-state index >= 15 is 0 Å². The summed E-state index contributed by atoms with van der Waals surface area (Å²) < 4.78 is 12.1. The van der Waals surface area contributed by atoms with Crippen molar-refractivity contribution in [2.75, 3.05) is 19.0 Å². The van der Waals surface area contributed by atoms with Crippen LogP contribution in [0, 0.1) is 0 Å². The first-order valence-corrected chi connectivity index (χ1v) is 10.8. The van der Waals surface area contributed by atoms with E-state index in [-0.39, 0.29) is 6.61 Å². The van der Waals surface area contributed by atoms with E-state index in [0.29, 0.717) is 36.1 Å². The van der Waals surface area contributed by atoms with Crippen molar-refractivity contribution >= 4 is 17.6 Å². The number of hydrogen-bond donors (Lipinski definition) is 1. The highest BCUT2D eigenvalue weighted by Crippen LogP contribution is 2.18. The van der Waals surface area contributed by atoms with E-state index in [4.69, 9.17) is 14.3 Å². The highest BCUT2D eigenvalue weighted by molar-refractivity contribution is 6.10. The van der Waals surface area contributed by atoms with Gasteiger partial charge in [-0.15, -0.1) is 5.10 Å². The first-order chi connectivity index (χ1) is 16.4. The molecule has 3 rings (SSSR count). The Balaban J connectivity index is 1.63. The summed E-state index contributed by atoms with van der Waals surface area (Å²) in [5.74, 6) is 0.814. The molecule has 1 amide bonds. The Hall–Kier alpha value is -3.86. The number of anilines is 1. The number of aromatic nitrogens is 5. The number of nitrogens with zero attached hydrogens (tertiary/aromatic N) is 6. The van der Waals surface area contributed by atoms with Crippen LogP contribution in [-0.2, 0) is 28.0 Å². The fourth-order valence-corrected chi connectivity index (χ4v) is 3.12. The minimum Gasteiger partial charge on any atom is -0.443 e. The van der Waals surface area contributed by atoms with Crippen LogP contribution in [-0.4, -0.2) is 56.3 Å². The number of methoxy groups -OCH3 is 1. The van der Waals surface area contributed by atoms with Gasteiger partial charge in [0, 0.05) is 26.3 Å². The van der Waals surface area contributed by atoms with Crippen LogP contribution < -0.4 is 5.32 Å². The summed E-state index contributed by atoms with van der Waals surface area (Å²) in [4.78, 5) is 22.3. The van der Waals surface area contributed by atoms with Crippen LogP contribution >= 0.6 is 0 Å². The fourth-order valence-electron chi connectivity index (χ4n) is 3.12. The molecule has 1 N–H and O–H groups in total. The third kappa shape index (κ3) is 7.34. The van der Waals surface area contributed by atoms with Crippen LogP contribution in [0.2, 0.25) is 0 Å². The van der Waals surface area contributed by atoms with E-state index in [0.717, 1.165) is 12.0 Å². The second kappa shape index (κ2) is 11.8. The number of aryl methyl sites for hydroxylation is 1. The van der Waals surface area contributed by atoms with Gasteiger partial charge in [-0.2, -0.15) is 0 Å². The average molecular weight is 468 g/mol. The number of oxime groups is 1. The van der Waals surface area contributed by atoms with Crippen molar-refractivity contribution in [3.63, 3.8) is 0 Å². The number of rotatable bonds is 11. The normalized spacial score (nSPS) is 11.8. The lowest BCUT2D eigenvalue weighted by atomic mass is 10.0. The average Bonchev–Trinajstić information content (AvgIpc) is 3.22. The van der Waals surface area contributed by atoms with Gasteiger partial charge in [0.15, 0.2) is 12.3 Å². The second-order valence-corrected chi connectivity index (χ2v) is 8.09. The molecule has 0 unspecified atom stereocenters. The minimum atomic E-state index is -0.624. The first kappa shape index (κ1) is 24.8. The number of benzene rings is 1. The molecule has 11 nitrogen and oxygen atoms in total. The molecule has 0 fully saturated rings. The van der Waals surface area contributed by atoms with Crippen molar-refractivity contribution in [3.8, 4) is 0 Å². The van der Waals surface area contributed by atoms with E-state index in [1.807, 2.05) is 44.2 Å². The zero-order valence-electron chi connectivity index (χ0n) is 19.8. The first-order valence-electron chi connectivity index (χ1n) is 10.8. The number of pyridine rings is 1. The summed E-state index contributed by atoms with van der Waals surface area (Å²) >= 11 is 0. The van der Waals surface area contributed by atoms with Crippen molar-refractivity contribution in [1.29, 1.82) is 0 Å². The molecule has 0 aliphatic carbocycles. The van der Waals surface area contributed by atoms with E-state index < -0.39 is 11.7 Å². The third-order valence-corrected chi connectivity index (χ3v) is 4.78. The van der Waals surface area contributed by atoms with Gasteiger partial charge in [0.2, 0.25) is 5.82 Å². The number of carbonyl (C=O) groups excluding carboxylic acids is 1. The number of tetrazole rings is 1. The number of nitrogens with one attached hydrogen (secondary N) is 1. The number of ether oxygens (including phenoxy) is 2. The Bertz CT molecular complexity index is 1100. The van der Waals surface area contributed by atoms with Crippen LogP contribution in [0.15, 0.2) is 53.7 Å². The molecular formula is C23H29N7O4. The third-order valence-electron chi connectivity index (χ3n) is 4.78. The summed E-state index contributed by atoms with van der Waals surface area (Å²) in [6, 6.07) is 14.7. The van der Waals surface area contributed by atoms with Crippen LogP contribution in [0.25, 0.3) is 0 Å². The number of amides is 1. The molecule has 34 heavy (non-hydrogen) atoms. The van der Waals surface area contributed by atoms with Crippen LogP contribution in [0.5, 0.6) is 0 Å². The molecule has 3 aromatic rings. The van der Waals surface area contributed by atoms with Crippen LogP contribution in [0.3, 0.4) is 0 Å². The van der Waals surface area contributed by atoms with Crippen LogP contribution in [0.4, 0.5) is 10.6 Å². The van der Waals surface area contributed by atoms with Crippen molar-refractivity contribution < 1.29 is 19.1 Å². The van der Waals surface area contributed by atoms with Crippen molar-refractivity contribution in [2.45, 2.75) is 38.9 Å². The van der Waals surface area contributed by atoms with Gasteiger partial charge in [0.1, 0.15) is 11.4 Å². The van der Waals surface area contributed by atoms with E-state index in [1.165, 1.54) is 4.68 Å². The SMILES string of the molecule is COCCCC(C)(C)OC(=O)Nc1cccc(CO/N=C(/c2ccccc2)c2nnnn2C)n1. The molecule has 0 radical (unpaired) electrons. The summed E-state index contributed by atoms with van der Waals surface area (Å²) in [7, 11) is 3.37. The molecule has 180 valence electrons. The lowest BCUT2D eigenvalue weighted by molar-refractivity contribution is 0.0349. The maximum atomic E-state index is 12.3. The van der Waals surface area contributed by atoms with E-state index in [9.17, 15) is 4.79 Å². The summed E-state index contributed by atoms with van der Waals surface area (Å²) in [5, 5.41) is 18.5. The monoisotopic (exact) mass is 467 g/mol. The van der Waals surface area contributed by atoms with Gasteiger partial charge in [-0.1, -0.05) is 41.6 Å². The quantitative estimate of drug-likeness (QED) is 0.259. The van der Waals surface area contributed by atoms with Gasteiger partial charge in [0.05, 0.1) is 5.69 Å². The maximum absolute atomic E-state index is 12.3. The Morgan fingerprint density at radius 3 is 2.65 bits per heavy atom. The highest BCUT2D eigenvalue weighted by Gasteiger charge is 2.23. The number of carbonyl (C=O) groups is 1. The summed E-state index contributed by atoms with van der Waals surface area (Å²) in [6.45, 7) is 4.40. The largest absolute Gasteiger partial charge is 0.443 e. The minimum absolute atomic E-state index is 0.0781. The molecule has 0 spiro atoms. The second-order valence-electron chi connectivity index (χ2n) is 8.09. The molecule has 0 saturated heterocycles. The van der Waals surface area contributed by atoms with Gasteiger partial charge in [-0.25, -0.2) is 14.5 Å². The lowest BCUT2D eigenvalue weighted by Gasteiger charge is -2.25. The molecule has 11 heteroatoms. The zero-order chi connectivity index (χ0) is 24.4. The predicted molar refractivity (Wildman–Crippen MR) is 125 cm³/mol. The summed E-state index contributed by atoms with van der Waals surface area (Å²) in [6.07, 6.45) is 0.892. The van der Waals surface area contributed by atoms with Crippen molar-refractivity contribution in [1.82, 2.24) is 25.2 Å². The Labute approximate surface area is 198 Å². The van der Waals surface area contributed by atoms with Crippen molar-refractivity contribution in [2.24, 2.45) is 12.2 Å². The van der Waals surface area contributed by atoms with E-state index in [1.54, 1.807) is 32.4 Å². The molecule has 0 saturated carbocycles. The van der Waals surface area contributed by atoms with Gasteiger partial charge >= 0.3 is 6.09 Å². The Morgan fingerprint density at radius 1 is 1.15 bits per heavy atom. The summed E-state index contributed by atoms with van der Waals surface area (Å²) in [5.41, 5.74) is 1.24. The maximum Gasteiger partial charge on any atom is 0.413 e. The molecule has 0 atom stereocenters. The predicted octanol–water partition coefficient (Wildman–Crippen LogP) is 3.33. The smallest absolute Gasteiger partial charge is 0.413 e. The molecular weight excluding hydrogens is 438 g/mol. The van der Waals surface area contributed by atoms with E-state index in [2.05, 4.69) is 31.0 Å². The zero-order valence-corrected chi connectivity index (χ0v) is 19.8. The highest BCUT2D eigenvalue weighted by atomic mass is 16.6. The van der Waals surface area contributed by atoms with Gasteiger partial charge < -0.3 is 14.3 Å². The Morgan fingerprint density at radius 2 is 1.94 bits per heavy atom. The molecule has 0 bridgehead atoms. The molecule has 1 aromatic carbocycles. The number of hydrogen-bond acceptors (Lipinski definition) is 9. The molecule has 0 aliphatic rings. The molecule has 2 aromatic heterocycles. The van der Waals surface area contributed by atoms with Gasteiger partial charge in [0.25, 0.3) is 0 Å². The van der Waals surface area contributed by atoms with Crippen LogP contribution in [0.1, 0.15) is 43.8 Å². The lowest BCUT2D eigenvalue weighted by Crippen LogP contribution is -2.31. The van der Waals surface area contributed by atoms with Crippen molar-refractivity contribution in [3.05, 3.63) is 65.6 Å². The molecule has 2 heterocycles. The molecule has 0 aliphatic heterocycles. The Kier molecular flexibility index (Phi) is 8.63. The van der Waals surface area contributed by atoms with Gasteiger partial charge in [-0.05, 0) is 49.2 Å². The fraction of sp³-hybridized carbons (Fsp3) is 0.391. The van der Waals surface area contributed by atoms with Gasteiger partial charge in [-0.3, -0.25) is 5.32 Å². The topological polar surface area (TPSA) is 126 Å². The standard InChI is InChI=1S/C23H29N7O4/c1-23(2,14-9-15-32-4)34-22(31)25-19-13-8-12-18(24-19)16-33-27-20(17-10-6-5-7-11-17)21-26-28-29-30(21)3/h5-8,10-13H,9,14-16H2,1-4H3,(H,24,25,31)/b27-20-.